The molecular formula is C18H28ClN5O. The van der Waals surface area contributed by atoms with E-state index in [2.05, 4.69) is 26.1 Å². The van der Waals surface area contributed by atoms with Gasteiger partial charge in [-0.25, -0.2) is 14.8 Å². The van der Waals surface area contributed by atoms with Crippen molar-refractivity contribution in [1.29, 1.82) is 0 Å². The van der Waals surface area contributed by atoms with E-state index in [4.69, 9.17) is 9.97 Å². The Balaban J connectivity index is 0.00000182. The van der Waals surface area contributed by atoms with Gasteiger partial charge in [-0.1, -0.05) is 33.6 Å². The van der Waals surface area contributed by atoms with Gasteiger partial charge in [-0.3, -0.25) is 9.13 Å². The smallest absolute Gasteiger partial charge is 0.331 e. The summed E-state index contributed by atoms with van der Waals surface area (Å²) in [5, 5.41) is 3.54. The lowest BCUT2D eigenvalue weighted by Crippen LogP contribution is -2.32. The van der Waals surface area contributed by atoms with Crippen LogP contribution >= 0.6 is 12.4 Å². The maximum absolute atomic E-state index is 13.0. The minimum atomic E-state index is 0. The molecule has 138 valence electrons. The molecule has 0 amide bonds. The van der Waals surface area contributed by atoms with Crippen molar-refractivity contribution < 1.29 is 0 Å². The number of fused-ring (bicyclic) bond motifs is 3. The van der Waals surface area contributed by atoms with Gasteiger partial charge in [-0.15, -0.1) is 12.4 Å². The summed E-state index contributed by atoms with van der Waals surface area (Å²) in [5.74, 6) is 3.52. The second-order valence-corrected chi connectivity index (χ2v) is 7.62. The van der Waals surface area contributed by atoms with Gasteiger partial charge in [0.2, 0.25) is 0 Å². The topological polar surface area (TPSA) is 64.7 Å². The Morgan fingerprint density at radius 3 is 2.60 bits per heavy atom. The van der Waals surface area contributed by atoms with E-state index in [-0.39, 0.29) is 24.1 Å². The normalized spacial score (nSPS) is 20.1. The van der Waals surface area contributed by atoms with Gasteiger partial charge >= 0.3 is 5.69 Å². The monoisotopic (exact) mass is 365 g/mol. The number of anilines is 1. The highest BCUT2D eigenvalue weighted by atomic mass is 35.5. The lowest BCUT2D eigenvalue weighted by atomic mass is 10.1. The van der Waals surface area contributed by atoms with E-state index < -0.39 is 0 Å². The largest absolute Gasteiger partial charge is 0.365 e. The summed E-state index contributed by atoms with van der Waals surface area (Å²) in [5.41, 5.74) is 0.931. The maximum atomic E-state index is 13.0. The van der Waals surface area contributed by atoms with E-state index in [1.165, 1.54) is 25.7 Å². The summed E-state index contributed by atoms with van der Waals surface area (Å²) in [6, 6.07) is 0.282. The zero-order valence-electron chi connectivity index (χ0n) is 15.3. The number of aromatic nitrogens is 4. The fraction of sp³-hybridized carbons (Fsp3) is 0.722. The predicted molar refractivity (Wildman–Crippen MR) is 102 cm³/mol. The standard InChI is InChI=1S/C18H27N5O.ClH/c1-4-9-22-17-14(20-15(21-17)12-7-5-6-8-12)16-19-13(11(2)3)10-23(16)18(22)24;/h11-13,19H,4-10H2,1-3H3;1H/t13-;/m0./s1. The van der Waals surface area contributed by atoms with Gasteiger partial charge in [0.25, 0.3) is 0 Å². The molecule has 0 unspecified atom stereocenters. The van der Waals surface area contributed by atoms with Crippen LogP contribution in [0.5, 0.6) is 0 Å². The van der Waals surface area contributed by atoms with Crippen molar-refractivity contribution in [3.05, 3.63) is 16.3 Å². The highest BCUT2D eigenvalue weighted by Gasteiger charge is 2.34. The average Bonchev–Trinajstić information content (AvgIpc) is 3.28. The molecule has 0 aromatic heterocycles. The summed E-state index contributed by atoms with van der Waals surface area (Å²) < 4.78 is 3.70. The van der Waals surface area contributed by atoms with Gasteiger partial charge in [-0.2, -0.15) is 0 Å². The fourth-order valence-corrected chi connectivity index (χ4v) is 4.06. The second-order valence-electron chi connectivity index (χ2n) is 7.62. The van der Waals surface area contributed by atoms with Gasteiger partial charge in [0.1, 0.15) is 17.3 Å². The first-order valence-electron chi connectivity index (χ1n) is 9.37. The molecule has 7 heteroatoms. The van der Waals surface area contributed by atoms with Crippen LogP contribution in [0.1, 0.15) is 64.6 Å². The summed E-state index contributed by atoms with van der Waals surface area (Å²) in [7, 11) is 0. The van der Waals surface area contributed by atoms with Crippen molar-refractivity contribution in [3.63, 3.8) is 0 Å². The lowest BCUT2D eigenvalue weighted by Gasteiger charge is -2.14. The summed E-state index contributed by atoms with van der Waals surface area (Å²) in [6.45, 7) is 7.89. The molecule has 4 aliphatic rings. The van der Waals surface area contributed by atoms with Crippen molar-refractivity contribution in [3.8, 4) is 11.5 Å². The molecule has 0 spiro atoms. The van der Waals surface area contributed by atoms with E-state index >= 15 is 0 Å². The first-order chi connectivity index (χ1) is 11.6. The summed E-state index contributed by atoms with van der Waals surface area (Å²) >= 11 is 0. The molecule has 4 rings (SSSR count). The average molecular weight is 366 g/mol. The molecule has 3 heterocycles. The molecule has 25 heavy (non-hydrogen) atoms. The third-order valence-electron chi connectivity index (χ3n) is 5.54. The van der Waals surface area contributed by atoms with Crippen LogP contribution in [0.15, 0.2) is 4.79 Å². The molecule has 0 bridgehead atoms. The Morgan fingerprint density at radius 1 is 1.24 bits per heavy atom. The molecule has 6 nitrogen and oxygen atoms in total. The van der Waals surface area contributed by atoms with Crippen molar-refractivity contribution in [2.45, 2.75) is 77.9 Å². The zero-order valence-corrected chi connectivity index (χ0v) is 16.1. The van der Waals surface area contributed by atoms with Crippen molar-refractivity contribution in [2.75, 3.05) is 5.32 Å². The predicted octanol–water partition coefficient (Wildman–Crippen LogP) is 3.48. The second kappa shape index (κ2) is 6.98. The Morgan fingerprint density at radius 2 is 1.96 bits per heavy atom. The van der Waals surface area contributed by atoms with E-state index in [0.29, 0.717) is 18.4 Å². The third kappa shape index (κ3) is 2.94. The number of rotatable bonds is 4. The summed E-state index contributed by atoms with van der Waals surface area (Å²) in [4.78, 5) is 22.7. The number of halogens is 1. The van der Waals surface area contributed by atoms with Gasteiger partial charge in [0.15, 0.2) is 5.82 Å². The molecule has 0 aromatic carbocycles. The number of nitrogens with one attached hydrogen (secondary N) is 1. The van der Waals surface area contributed by atoms with E-state index in [1.54, 1.807) is 0 Å². The van der Waals surface area contributed by atoms with Crippen LogP contribution in [0, 0.1) is 5.92 Å². The highest BCUT2D eigenvalue weighted by Crippen LogP contribution is 2.37. The van der Waals surface area contributed by atoms with E-state index in [1.807, 2.05) is 9.13 Å². The Kier molecular flexibility index (Phi) is 5.09. The minimum Gasteiger partial charge on any atom is -0.365 e. The highest BCUT2D eigenvalue weighted by molar-refractivity contribution is 5.85. The molecule has 1 aliphatic carbocycles. The SMILES string of the molecule is CCCn1c2nc(C3CCCC3)nc-2c2n(c1=O)C[C@@H](C(C)C)N2.Cl. The van der Waals surface area contributed by atoms with Gasteiger partial charge < -0.3 is 5.32 Å². The van der Waals surface area contributed by atoms with Crippen LogP contribution in [0.4, 0.5) is 5.82 Å². The molecule has 1 atom stereocenters. The van der Waals surface area contributed by atoms with Crippen molar-refractivity contribution in [1.82, 2.24) is 19.1 Å². The molecule has 0 radical (unpaired) electrons. The Bertz CT molecular complexity index is 775. The third-order valence-corrected chi connectivity index (χ3v) is 5.54. The van der Waals surface area contributed by atoms with Crippen LogP contribution in [0.25, 0.3) is 11.5 Å². The van der Waals surface area contributed by atoms with Gasteiger partial charge in [0.05, 0.1) is 0 Å². The molecule has 0 aromatic rings. The number of hydrogen-bond acceptors (Lipinski definition) is 4. The van der Waals surface area contributed by atoms with Crippen LogP contribution < -0.4 is 11.0 Å². The maximum Gasteiger partial charge on any atom is 0.331 e. The van der Waals surface area contributed by atoms with Crippen LogP contribution in [0.3, 0.4) is 0 Å². The van der Waals surface area contributed by atoms with Crippen LogP contribution in [-0.4, -0.2) is 25.1 Å². The Labute approximate surface area is 154 Å². The van der Waals surface area contributed by atoms with Crippen molar-refractivity contribution >= 4 is 18.2 Å². The first-order valence-corrected chi connectivity index (χ1v) is 9.37. The zero-order chi connectivity index (χ0) is 16.8. The van der Waals surface area contributed by atoms with Crippen LogP contribution in [-0.2, 0) is 13.1 Å². The minimum absolute atomic E-state index is 0. The molecule has 1 N–H and O–H groups in total. The Hall–Kier alpha value is -1.56. The molecule has 3 aliphatic heterocycles. The van der Waals surface area contributed by atoms with Crippen molar-refractivity contribution in [2.24, 2.45) is 5.92 Å². The van der Waals surface area contributed by atoms with E-state index in [0.717, 1.165) is 36.1 Å². The molecule has 1 saturated carbocycles. The van der Waals surface area contributed by atoms with Gasteiger partial charge in [-0.05, 0) is 25.2 Å². The van der Waals surface area contributed by atoms with Gasteiger partial charge in [0, 0.05) is 25.0 Å². The number of imidazole rings is 1. The first kappa shape index (κ1) is 18.2. The lowest BCUT2D eigenvalue weighted by molar-refractivity contribution is 0.481. The molecule has 0 saturated heterocycles. The summed E-state index contributed by atoms with van der Waals surface area (Å²) in [6.07, 6.45) is 5.79. The molecular weight excluding hydrogens is 338 g/mol. The number of nitrogens with zero attached hydrogens (tertiary/aromatic N) is 4. The van der Waals surface area contributed by atoms with E-state index in [9.17, 15) is 4.79 Å². The van der Waals surface area contributed by atoms with Crippen LogP contribution in [0.2, 0.25) is 0 Å². The molecule has 1 fully saturated rings. The fourth-order valence-electron chi connectivity index (χ4n) is 4.06. The number of hydrogen-bond donors (Lipinski definition) is 1. The quantitative estimate of drug-likeness (QED) is 0.900.